The number of ether oxygens (including phenoxy) is 1. The van der Waals surface area contributed by atoms with Crippen LogP contribution in [-0.4, -0.2) is 60.8 Å². The van der Waals surface area contributed by atoms with Crippen molar-refractivity contribution >= 4 is 16.9 Å². The van der Waals surface area contributed by atoms with E-state index in [1.54, 1.807) is 17.1 Å². The molecule has 0 spiro atoms. The van der Waals surface area contributed by atoms with Crippen molar-refractivity contribution in [2.45, 2.75) is 49.8 Å². The average Bonchev–Trinajstić information content (AvgIpc) is 3.06. The summed E-state index contributed by atoms with van der Waals surface area (Å²) in [4.78, 5) is 8.72. The molecular weight excluding hydrogens is 300 g/mol. The summed E-state index contributed by atoms with van der Waals surface area (Å²) in [6.45, 7) is -0.358. The van der Waals surface area contributed by atoms with Gasteiger partial charge in [0.25, 0.3) is 0 Å². The molecule has 23 heavy (non-hydrogen) atoms. The molecule has 0 radical (unpaired) electrons. The molecule has 8 nitrogen and oxygen atoms in total. The second kappa shape index (κ2) is 5.72. The van der Waals surface area contributed by atoms with Crippen molar-refractivity contribution in [1.82, 2.24) is 14.5 Å². The third-order valence-corrected chi connectivity index (χ3v) is 4.72. The molecule has 0 aromatic carbocycles. The van der Waals surface area contributed by atoms with E-state index in [2.05, 4.69) is 15.3 Å². The highest BCUT2D eigenvalue weighted by molar-refractivity contribution is 5.85. The molecule has 4 rings (SSSR count). The summed E-state index contributed by atoms with van der Waals surface area (Å²) in [5.74, 6) is 0. The number of nitrogens with one attached hydrogen (secondary N) is 1. The van der Waals surface area contributed by atoms with Crippen LogP contribution in [0.1, 0.15) is 25.5 Å². The molecule has 4 atom stereocenters. The molecule has 1 aliphatic heterocycles. The zero-order valence-corrected chi connectivity index (χ0v) is 12.5. The van der Waals surface area contributed by atoms with E-state index in [4.69, 9.17) is 4.74 Å². The summed E-state index contributed by atoms with van der Waals surface area (Å²) in [6.07, 6.45) is 2.85. The Hall–Kier alpha value is -1.74. The van der Waals surface area contributed by atoms with Crippen LogP contribution in [0.25, 0.3) is 11.2 Å². The van der Waals surface area contributed by atoms with E-state index in [9.17, 15) is 15.3 Å². The molecule has 1 aliphatic carbocycles. The molecule has 124 valence electrons. The third-order valence-electron chi connectivity index (χ3n) is 4.72. The molecule has 0 amide bonds. The highest BCUT2D eigenvalue weighted by Gasteiger charge is 2.44. The Morgan fingerprint density at radius 1 is 1.26 bits per heavy atom. The Balaban J connectivity index is 1.67. The summed E-state index contributed by atoms with van der Waals surface area (Å²) in [7, 11) is 0. The Bertz CT molecular complexity index is 702. The van der Waals surface area contributed by atoms with Gasteiger partial charge >= 0.3 is 0 Å². The zero-order valence-electron chi connectivity index (χ0n) is 12.5. The molecular formula is C15H20N4O4. The second-order valence-electron chi connectivity index (χ2n) is 6.18. The van der Waals surface area contributed by atoms with Crippen LogP contribution in [0.3, 0.4) is 0 Å². The van der Waals surface area contributed by atoms with Crippen molar-refractivity contribution in [1.29, 1.82) is 0 Å². The lowest BCUT2D eigenvalue weighted by molar-refractivity contribution is -0.0511. The predicted molar refractivity (Wildman–Crippen MR) is 81.8 cm³/mol. The van der Waals surface area contributed by atoms with Gasteiger partial charge in [-0.25, -0.2) is 9.97 Å². The van der Waals surface area contributed by atoms with Crippen LogP contribution in [0.15, 0.2) is 18.6 Å². The molecule has 1 saturated heterocycles. The molecule has 3 heterocycles. The zero-order chi connectivity index (χ0) is 16.0. The highest BCUT2D eigenvalue weighted by atomic mass is 16.6. The number of aliphatic hydroxyl groups excluding tert-OH is 3. The Kier molecular flexibility index (Phi) is 3.68. The first-order valence-corrected chi connectivity index (χ1v) is 7.89. The SMILES string of the molecule is OC[C@H]1O[C@@H](n2cnc3c(NC4CCC4)ccnc32)[C@H](O)[C@@H]1O. The minimum absolute atomic E-state index is 0.358. The summed E-state index contributed by atoms with van der Waals surface area (Å²) < 4.78 is 7.16. The number of anilines is 1. The van der Waals surface area contributed by atoms with Crippen molar-refractivity contribution in [2.75, 3.05) is 11.9 Å². The van der Waals surface area contributed by atoms with E-state index in [1.165, 1.54) is 6.42 Å². The number of fused-ring (bicyclic) bond motifs is 1. The normalized spacial score (nSPS) is 31.4. The van der Waals surface area contributed by atoms with E-state index in [-0.39, 0.29) is 6.61 Å². The van der Waals surface area contributed by atoms with E-state index < -0.39 is 24.5 Å². The van der Waals surface area contributed by atoms with Crippen LogP contribution in [0, 0.1) is 0 Å². The fourth-order valence-corrected chi connectivity index (χ4v) is 3.12. The number of aromatic nitrogens is 3. The van der Waals surface area contributed by atoms with E-state index in [0.717, 1.165) is 18.5 Å². The van der Waals surface area contributed by atoms with Crippen molar-refractivity contribution in [3.05, 3.63) is 18.6 Å². The first-order chi connectivity index (χ1) is 11.2. The van der Waals surface area contributed by atoms with Crippen LogP contribution in [-0.2, 0) is 4.74 Å². The van der Waals surface area contributed by atoms with Crippen LogP contribution in [0.2, 0.25) is 0 Å². The molecule has 4 N–H and O–H groups in total. The van der Waals surface area contributed by atoms with Gasteiger partial charge in [0.2, 0.25) is 0 Å². The number of hydrogen-bond acceptors (Lipinski definition) is 7. The quantitative estimate of drug-likeness (QED) is 0.627. The summed E-state index contributed by atoms with van der Waals surface area (Å²) in [6, 6.07) is 2.36. The number of imidazole rings is 1. The van der Waals surface area contributed by atoms with E-state index >= 15 is 0 Å². The smallest absolute Gasteiger partial charge is 0.165 e. The minimum atomic E-state index is -1.14. The first-order valence-electron chi connectivity index (χ1n) is 7.89. The maximum atomic E-state index is 10.2. The van der Waals surface area contributed by atoms with Gasteiger partial charge in [0, 0.05) is 12.2 Å². The monoisotopic (exact) mass is 320 g/mol. The van der Waals surface area contributed by atoms with Gasteiger partial charge in [-0.3, -0.25) is 4.57 Å². The standard InChI is InChI=1S/C15H20N4O4/c20-6-10-12(21)13(22)15(23-10)19-7-17-11-9(4-5-16-14(11)19)18-8-2-1-3-8/h4-5,7-8,10,12-13,15,20-22H,1-3,6H2,(H,16,18)/t10-,12-,13-,15-/m1/s1. The lowest BCUT2D eigenvalue weighted by atomic mass is 9.93. The maximum absolute atomic E-state index is 10.2. The summed E-state index contributed by atoms with van der Waals surface area (Å²) in [5.41, 5.74) is 2.19. The minimum Gasteiger partial charge on any atom is -0.394 e. The fourth-order valence-electron chi connectivity index (χ4n) is 3.12. The van der Waals surface area contributed by atoms with Gasteiger partial charge in [-0.15, -0.1) is 0 Å². The number of aliphatic hydroxyl groups is 3. The third kappa shape index (κ3) is 2.38. The van der Waals surface area contributed by atoms with Gasteiger partial charge in [-0.05, 0) is 25.3 Å². The molecule has 2 aliphatic rings. The molecule has 0 bridgehead atoms. The van der Waals surface area contributed by atoms with Gasteiger partial charge < -0.3 is 25.4 Å². The molecule has 0 unspecified atom stereocenters. The second-order valence-corrected chi connectivity index (χ2v) is 6.18. The Labute approximate surface area is 132 Å². The van der Waals surface area contributed by atoms with Crippen LogP contribution >= 0.6 is 0 Å². The molecule has 2 aromatic heterocycles. The fraction of sp³-hybridized carbons (Fsp3) is 0.600. The maximum Gasteiger partial charge on any atom is 0.165 e. The molecule has 1 saturated carbocycles. The van der Waals surface area contributed by atoms with Crippen molar-refractivity contribution in [3.8, 4) is 0 Å². The van der Waals surface area contributed by atoms with Crippen LogP contribution in [0.5, 0.6) is 0 Å². The lowest BCUT2D eigenvalue weighted by Crippen LogP contribution is -2.33. The van der Waals surface area contributed by atoms with Crippen LogP contribution in [0.4, 0.5) is 5.69 Å². The summed E-state index contributed by atoms with van der Waals surface area (Å²) >= 11 is 0. The molecule has 2 fully saturated rings. The van der Waals surface area contributed by atoms with Crippen molar-refractivity contribution in [3.63, 3.8) is 0 Å². The van der Waals surface area contributed by atoms with Crippen LogP contribution < -0.4 is 5.32 Å². The van der Waals surface area contributed by atoms with E-state index in [0.29, 0.717) is 17.2 Å². The topological polar surface area (TPSA) is 113 Å². The summed E-state index contributed by atoms with van der Waals surface area (Å²) in [5, 5.41) is 32.8. The van der Waals surface area contributed by atoms with E-state index in [1.807, 2.05) is 6.07 Å². The molecule has 8 heteroatoms. The largest absolute Gasteiger partial charge is 0.394 e. The lowest BCUT2D eigenvalue weighted by Gasteiger charge is -2.27. The number of hydrogen-bond donors (Lipinski definition) is 4. The van der Waals surface area contributed by atoms with Crippen molar-refractivity contribution in [2.24, 2.45) is 0 Å². The van der Waals surface area contributed by atoms with Gasteiger partial charge in [-0.1, -0.05) is 0 Å². The number of pyridine rings is 1. The number of nitrogens with zero attached hydrogens (tertiary/aromatic N) is 3. The highest BCUT2D eigenvalue weighted by Crippen LogP contribution is 2.33. The van der Waals surface area contributed by atoms with Gasteiger partial charge in [0.15, 0.2) is 11.9 Å². The van der Waals surface area contributed by atoms with Gasteiger partial charge in [-0.2, -0.15) is 0 Å². The Morgan fingerprint density at radius 3 is 2.74 bits per heavy atom. The Morgan fingerprint density at radius 2 is 2.09 bits per heavy atom. The average molecular weight is 320 g/mol. The number of rotatable bonds is 4. The van der Waals surface area contributed by atoms with Gasteiger partial charge in [0.05, 0.1) is 18.6 Å². The van der Waals surface area contributed by atoms with Crippen molar-refractivity contribution < 1.29 is 20.1 Å². The van der Waals surface area contributed by atoms with Gasteiger partial charge in [0.1, 0.15) is 23.8 Å². The predicted octanol–water partition coefficient (Wildman–Crippen LogP) is 0.00720. The molecule has 2 aromatic rings. The first kappa shape index (κ1) is 14.8.